The molecule has 21 heavy (non-hydrogen) atoms. The van der Waals surface area contributed by atoms with Crippen molar-refractivity contribution >= 4 is 12.1 Å². The van der Waals surface area contributed by atoms with Crippen molar-refractivity contribution < 1.29 is 19.1 Å². The van der Waals surface area contributed by atoms with Gasteiger partial charge in [-0.15, -0.1) is 0 Å². The molecule has 6 heteroatoms. The zero-order valence-electron chi connectivity index (χ0n) is 13.7. The number of hydrogen-bond donors (Lipinski definition) is 2. The molecule has 1 saturated heterocycles. The molecule has 0 unspecified atom stereocenters. The Balaban J connectivity index is 2.55. The summed E-state index contributed by atoms with van der Waals surface area (Å²) in [7, 11) is 0. The van der Waals surface area contributed by atoms with Gasteiger partial charge in [-0.2, -0.15) is 0 Å². The first kappa shape index (κ1) is 17.8. The Morgan fingerprint density at radius 2 is 1.76 bits per heavy atom. The van der Waals surface area contributed by atoms with Gasteiger partial charge in [0.1, 0.15) is 17.7 Å². The van der Waals surface area contributed by atoms with Crippen molar-refractivity contribution in [2.45, 2.75) is 65.2 Å². The standard InChI is InChI=1S/C15H28N2O4/c1-10(2)12(17-14(19)21-15(3,4)5)13(18)20-11-6-8-16-9-7-11/h10-12,16H,6-9H2,1-5H3,(H,17,19)/t12-/m0/s1. The van der Waals surface area contributed by atoms with Crippen molar-refractivity contribution in [3.05, 3.63) is 0 Å². The van der Waals surface area contributed by atoms with Crippen LogP contribution in [0.25, 0.3) is 0 Å². The molecule has 0 spiro atoms. The first-order valence-corrected chi connectivity index (χ1v) is 7.60. The van der Waals surface area contributed by atoms with Crippen molar-refractivity contribution in [1.29, 1.82) is 0 Å². The molecule has 0 aromatic rings. The summed E-state index contributed by atoms with van der Waals surface area (Å²) >= 11 is 0. The van der Waals surface area contributed by atoms with Gasteiger partial charge in [0.15, 0.2) is 0 Å². The Hall–Kier alpha value is -1.30. The molecular weight excluding hydrogens is 272 g/mol. The quantitative estimate of drug-likeness (QED) is 0.775. The Morgan fingerprint density at radius 3 is 2.24 bits per heavy atom. The molecule has 122 valence electrons. The highest BCUT2D eigenvalue weighted by molar-refractivity contribution is 5.81. The topological polar surface area (TPSA) is 76.7 Å². The van der Waals surface area contributed by atoms with Crippen LogP contribution in [-0.4, -0.2) is 42.9 Å². The largest absolute Gasteiger partial charge is 0.461 e. The Bertz CT molecular complexity index is 357. The van der Waals surface area contributed by atoms with Crippen molar-refractivity contribution in [2.75, 3.05) is 13.1 Å². The van der Waals surface area contributed by atoms with Gasteiger partial charge in [-0.25, -0.2) is 9.59 Å². The summed E-state index contributed by atoms with van der Waals surface area (Å²) in [4.78, 5) is 24.1. The van der Waals surface area contributed by atoms with Crippen LogP contribution in [0, 0.1) is 5.92 Å². The molecule has 1 fully saturated rings. The molecule has 0 saturated carbocycles. The van der Waals surface area contributed by atoms with Gasteiger partial charge in [0.2, 0.25) is 0 Å². The zero-order chi connectivity index (χ0) is 16.0. The van der Waals surface area contributed by atoms with Gasteiger partial charge >= 0.3 is 12.1 Å². The van der Waals surface area contributed by atoms with Gasteiger partial charge in [-0.1, -0.05) is 13.8 Å². The van der Waals surface area contributed by atoms with E-state index in [4.69, 9.17) is 9.47 Å². The van der Waals surface area contributed by atoms with Gasteiger partial charge in [0.25, 0.3) is 0 Å². The Kier molecular flexibility index (Phi) is 6.45. The number of piperidine rings is 1. The third-order valence-electron chi connectivity index (χ3n) is 3.16. The minimum absolute atomic E-state index is 0.0632. The second kappa shape index (κ2) is 7.64. The second-order valence-corrected chi connectivity index (χ2v) is 6.75. The van der Waals surface area contributed by atoms with Crippen molar-refractivity contribution in [2.24, 2.45) is 5.92 Å². The lowest BCUT2D eigenvalue weighted by Gasteiger charge is -2.28. The summed E-state index contributed by atoms with van der Waals surface area (Å²) < 4.78 is 10.7. The van der Waals surface area contributed by atoms with Crippen LogP contribution in [0.3, 0.4) is 0 Å². The maximum Gasteiger partial charge on any atom is 0.408 e. The predicted molar refractivity (Wildman–Crippen MR) is 80.0 cm³/mol. The minimum Gasteiger partial charge on any atom is -0.461 e. The fourth-order valence-electron chi connectivity index (χ4n) is 2.08. The van der Waals surface area contributed by atoms with E-state index < -0.39 is 17.7 Å². The lowest BCUT2D eigenvalue weighted by molar-refractivity contribution is -0.154. The number of amides is 1. The number of alkyl carbamates (subject to hydrolysis) is 1. The normalized spacial score (nSPS) is 18.2. The van der Waals surface area contributed by atoms with Crippen molar-refractivity contribution in [1.82, 2.24) is 10.6 Å². The molecule has 0 aliphatic carbocycles. The van der Waals surface area contributed by atoms with E-state index >= 15 is 0 Å². The van der Waals surface area contributed by atoms with Crippen LogP contribution in [-0.2, 0) is 14.3 Å². The molecule has 6 nitrogen and oxygen atoms in total. The van der Waals surface area contributed by atoms with Gasteiger partial charge in [0.05, 0.1) is 0 Å². The summed E-state index contributed by atoms with van der Waals surface area (Å²) in [5.41, 5.74) is -0.593. The molecule has 1 heterocycles. The fourth-order valence-corrected chi connectivity index (χ4v) is 2.08. The van der Waals surface area contributed by atoms with E-state index in [9.17, 15) is 9.59 Å². The zero-order valence-corrected chi connectivity index (χ0v) is 13.7. The van der Waals surface area contributed by atoms with Gasteiger partial charge in [-0.05, 0) is 52.6 Å². The molecule has 1 aliphatic heterocycles. The van der Waals surface area contributed by atoms with Crippen LogP contribution < -0.4 is 10.6 Å². The molecule has 0 aromatic carbocycles. The SMILES string of the molecule is CC(C)[C@H](NC(=O)OC(C)(C)C)C(=O)OC1CCNCC1. The van der Waals surface area contributed by atoms with E-state index in [-0.39, 0.29) is 18.0 Å². The monoisotopic (exact) mass is 300 g/mol. The van der Waals surface area contributed by atoms with E-state index in [0.29, 0.717) is 0 Å². The van der Waals surface area contributed by atoms with E-state index in [0.717, 1.165) is 25.9 Å². The molecule has 1 amide bonds. The third-order valence-corrected chi connectivity index (χ3v) is 3.16. The molecule has 2 N–H and O–H groups in total. The molecule has 1 aliphatic rings. The van der Waals surface area contributed by atoms with E-state index in [1.807, 2.05) is 13.8 Å². The van der Waals surface area contributed by atoms with Crippen LogP contribution in [0.15, 0.2) is 0 Å². The van der Waals surface area contributed by atoms with Crippen molar-refractivity contribution in [3.63, 3.8) is 0 Å². The lowest BCUT2D eigenvalue weighted by Crippen LogP contribution is -2.48. The number of rotatable bonds is 4. The van der Waals surface area contributed by atoms with Gasteiger partial charge < -0.3 is 20.1 Å². The number of esters is 1. The highest BCUT2D eigenvalue weighted by Crippen LogP contribution is 2.13. The lowest BCUT2D eigenvalue weighted by atomic mass is 10.0. The van der Waals surface area contributed by atoms with Crippen LogP contribution in [0.2, 0.25) is 0 Å². The number of ether oxygens (including phenoxy) is 2. The smallest absolute Gasteiger partial charge is 0.408 e. The van der Waals surface area contributed by atoms with E-state index in [2.05, 4.69) is 10.6 Å². The summed E-state index contributed by atoms with van der Waals surface area (Å²) in [6, 6.07) is -0.685. The molecule has 0 aromatic heterocycles. The summed E-state index contributed by atoms with van der Waals surface area (Å²) in [6.07, 6.45) is 0.954. The average Bonchev–Trinajstić information content (AvgIpc) is 2.34. The molecule has 0 radical (unpaired) electrons. The Labute approximate surface area is 126 Å². The van der Waals surface area contributed by atoms with Crippen molar-refractivity contribution in [3.8, 4) is 0 Å². The first-order chi connectivity index (χ1) is 9.69. The Morgan fingerprint density at radius 1 is 1.19 bits per heavy atom. The highest BCUT2D eigenvalue weighted by Gasteiger charge is 2.30. The maximum atomic E-state index is 12.2. The van der Waals surface area contributed by atoms with E-state index in [1.54, 1.807) is 20.8 Å². The van der Waals surface area contributed by atoms with Crippen LogP contribution in [0.1, 0.15) is 47.5 Å². The van der Waals surface area contributed by atoms with Crippen LogP contribution in [0.4, 0.5) is 4.79 Å². The number of hydrogen-bond acceptors (Lipinski definition) is 5. The summed E-state index contributed by atoms with van der Waals surface area (Å²) in [5.74, 6) is -0.450. The average molecular weight is 300 g/mol. The first-order valence-electron chi connectivity index (χ1n) is 7.60. The van der Waals surface area contributed by atoms with Crippen LogP contribution >= 0.6 is 0 Å². The molecule has 1 atom stereocenters. The third kappa shape index (κ3) is 6.80. The number of carbonyl (C=O) groups is 2. The molecular formula is C15H28N2O4. The van der Waals surface area contributed by atoms with Crippen LogP contribution in [0.5, 0.6) is 0 Å². The fraction of sp³-hybridized carbons (Fsp3) is 0.867. The minimum atomic E-state index is -0.685. The molecule has 1 rings (SSSR count). The predicted octanol–water partition coefficient (Wildman–Crippen LogP) is 1.83. The number of carbonyl (C=O) groups excluding carboxylic acids is 2. The summed E-state index contributed by atoms with van der Waals surface area (Å²) in [6.45, 7) is 10.8. The highest BCUT2D eigenvalue weighted by atomic mass is 16.6. The van der Waals surface area contributed by atoms with E-state index in [1.165, 1.54) is 0 Å². The van der Waals surface area contributed by atoms with Gasteiger partial charge in [0, 0.05) is 0 Å². The van der Waals surface area contributed by atoms with Gasteiger partial charge in [-0.3, -0.25) is 0 Å². The number of nitrogens with one attached hydrogen (secondary N) is 2. The molecule has 0 bridgehead atoms. The summed E-state index contributed by atoms with van der Waals surface area (Å²) in [5, 5.41) is 5.83. The second-order valence-electron chi connectivity index (χ2n) is 6.75. The maximum absolute atomic E-state index is 12.2.